The third kappa shape index (κ3) is 4.74. The van der Waals surface area contributed by atoms with Crippen LogP contribution in [0, 0.1) is 6.92 Å². The van der Waals surface area contributed by atoms with Gasteiger partial charge in [-0.05, 0) is 13.3 Å². The second-order valence-electron chi connectivity index (χ2n) is 5.83. The summed E-state index contributed by atoms with van der Waals surface area (Å²) in [6, 6.07) is 11.9. The molecular formula is C18H24N4O. The molecule has 1 saturated heterocycles. The second-order valence-corrected chi connectivity index (χ2v) is 5.83. The minimum absolute atomic E-state index is 0.664. The number of hydrogen-bond acceptors (Lipinski definition) is 5. The van der Waals surface area contributed by atoms with Gasteiger partial charge in [0, 0.05) is 50.0 Å². The molecule has 0 atom stereocenters. The first-order chi connectivity index (χ1) is 11.3. The van der Waals surface area contributed by atoms with Gasteiger partial charge in [-0.15, -0.1) is 0 Å². The van der Waals surface area contributed by atoms with Crippen molar-refractivity contribution < 1.29 is 4.74 Å². The summed E-state index contributed by atoms with van der Waals surface area (Å²) in [6.07, 6.45) is 1.02. The molecule has 122 valence electrons. The molecule has 0 amide bonds. The highest BCUT2D eigenvalue weighted by molar-refractivity contribution is 5.55. The number of rotatable bonds is 6. The van der Waals surface area contributed by atoms with E-state index in [2.05, 4.69) is 20.2 Å². The molecular weight excluding hydrogens is 288 g/mol. The van der Waals surface area contributed by atoms with Crippen molar-refractivity contribution in [3.05, 3.63) is 42.1 Å². The van der Waals surface area contributed by atoms with Crippen molar-refractivity contribution in [2.75, 3.05) is 39.3 Å². The van der Waals surface area contributed by atoms with Gasteiger partial charge >= 0.3 is 0 Å². The first-order valence-corrected chi connectivity index (χ1v) is 8.28. The van der Waals surface area contributed by atoms with Crippen LogP contribution in [0.2, 0.25) is 0 Å². The molecule has 23 heavy (non-hydrogen) atoms. The fourth-order valence-electron chi connectivity index (χ4n) is 2.73. The molecule has 5 heteroatoms. The molecule has 0 saturated carbocycles. The molecule has 3 rings (SSSR count). The summed E-state index contributed by atoms with van der Waals surface area (Å²) in [5.41, 5.74) is 1.94. The standard InChI is InChI=1S/C18H24N4O/c1-15-14-17(21-18(20-15)16-6-3-2-4-7-16)23-13-5-10-22-11-8-19-9-12-22/h2-4,6-7,14,19H,5,8-13H2,1H3. The molecule has 1 fully saturated rings. The molecule has 1 aliphatic heterocycles. The monoisotopic (exact) mass is 312 g/mol. The van der Waals surface area contributed by atoms with E-state index < -0.39 is 0 Å². The fraction of sp³-hybridized carbons (Fsp3) is 0.444. The van der Waals surface area contributed by atoms with Crippen molar-refractivity contribution in [2.24, 2.45) is 0 Å². The van der Waals surface area contributed by atoms with Gasteiger partial charge in [-0.1, -0.05) is 30.3 Å². The van der Waals surface area contributed by atoms with Gasteiger partial charge in [0.2, 0.25) is 5.88 Å². The first kappa shape index (κ1) is 15.9. The van der Waals surface area contributed by atoms with Gasteiger partial charge in [-0.25, -0.2) is 4.98 Å². The number of nitrogens with zero attached hydrogens (tertiary/aromatic N) is 3. The lowest BCUT2D eigenvalue weighted by molar-refractivity contribution is 0.211. The van der Waals surface area contributed by atoms with E-state index in [0.717, 1.165) is 56.2 Å². The summed E-state index contributed by atoms with van der Waals surface area (Å²) >= 11 is 0. The van der Waals surface area contributed by atoms with Crippen molar-refractivity contribution >= 4 is 0 Å². The van der Waals surface area contributed by atoms with Gasteiger partial charge in [-0.3, -0.25) is 0 Å². The average molecular weight is 312 g/mol. The maximum absolute atomic E-state index is 5.85. The van der Waals surface area contributed by atoms with Crippen LogP contribution in [0.5, 0.6) is 5.88 Å². The van der Waals surface area contributed by atoms with Crippen LogP contribution in [0.15, 0.2) is 36.4 Å². The predicted molar refractivity (Wildman–Crippen MR) is 91.6 cm³/mol. The zero-order valence-corrected chi connectivity index (χ0v) is 13.7. The molecule has 0 bridgehead atoms. The molecule has 2 aromatic rings. The number of hydrogen-bond donors (Lipinski definition) is 1. The lowest BCUT2D eigenvalue weighted by atomic mass is 10.2. The number of ether oxygens (including phenoxy) is 1. The summed E-state index contributed by atoms with van der Waals surface area (Å²) in [4.78, 5) is 11.5. The summed E-state index contributed by atoms with van der Waals surface area (Å²) in [5, 5.41) is 3.37. The highest BCUT2D eigenvalue weighted by Crippen LogP contribution is 2.18. The number of aromatic nitrogens is 2. The molecule has 1 aliphatic rings. The first-order valence-electron chi connectivity index (χ1n) is 8.28. The molecule has 1 aromatic heterocycles. The fourth-order valence-corrected chi connectivity index (χ4v) is 2.73. The number of piperazine rings is 1. The Bertz CT molecular complexity index is 612. The van der Waals surface area contributed by atoms with E-state index in [-0.39, 0.29) is 0 Å². The van der Waals surface area contributed by atoms with Gasteiger partial charge in [0.05, 0.1) is 6.61 Å². The zero-order valence-electron chi connectivity index (χ0n) is 13.7. The maximum Gasteiger partial charge on any atom is 0.217 e. The Balaban J connectivity index is 1.54. The van der Waals surface area contributed by atoms with Crippen LogP contribution in [-0.4, -0.2) is 54.2 Å². The van der Waals surface area contributed by atoms with Crippen LogP contribution in [-0.2, 0) is 0 Å². The van der Waals surface area contributed by atoms with E-state index in [0.29, 0.717) is 12.5 Å². The van der Waals surface area contributed by atoms with Crippen LogP contribution >= 0.6 is 0 Å². The van der Waals surface area contributed by atoms with Gasteiger partial charge in [0.15, 0.2) is 5.82 Å². The molecule has 2 heterocycles. The van der Waals surface area contributed by atoms with Crippen molar-refractivity contribution in [3.63, 3.8) is 0 Å². The maximum atomic E-state index is 5.85. The zero-order chi connectivity index (χ0) is 15.9. The van der Waals surface area contributed by atoms with Crippen molar-refractivity contribution in [1.29, 1.82) is 0 Å². The van der Waals surface area contributed by atoms with Gasteiger partial charge < -0.3 is 15.0 Å². The molecule has 0 spiro atoms. The number of nitrogens with one attached hydrogen (secondary N) is 1. The summed E-state index contributed by atoms with van der Waals surface area (Å²) in [7, 11) is 0. The van der Waals surface area contributed by atoms with Crippen molar-refractivity contribution in [2.45, 2.75) is 13.3 Å². The second kappa shape index (κ2) is 8.04. The molecule has 0 aliphatic carbocycles. The van der Waals surface area contributed by atoms with Crippen molar-refractivity contribution in [3.8, 4) is 17.3 Å². The molecule has 5 nitrogen and oxygen atoms in total. The Kier molecular flexibility index (Phi) is 5.56. The Morgan fingerprint density at radius 1 is 1.13 bits per heavy atom. The SMILES string of the molecule is Cc1cc(OCCCN2CCNCC2)nc(-c2ccccc2)n1. The predicted octanol–water partition coefficient (Wildman–Crippen LogP) is 2.13. The minimum atomic E-state index is 0.664. The van der Waals surface area contributed by atoms with Crippen LogP contribution in [0.4, 0.5) is 0 Å². The Morgan fingerprint density at radius 3 is 2.70 bits per heavy atom. The smallest absolute Gasteiger partial charge is 0.217 e. The van der Waals surface area contributed by atoms with Crippen molar-refractivity contribution in [1.82, 2.24) is 20.2 Å². The summed E-state index contributed by atoms with van der Waals surface area (Å²) < 4.78 is 5.85. The third-order valence-electron chi connectivity index (χ3n) is 3.94. The van der Waals surface area contributed by atoms with E-state index in [9.17, 15) is 0 Å². The molecule has 0 radical (unpaired) electrons. The topological polar surface area (TPSA) is 50.3 Å². The Hall–Kier alpha value is -1.98. The van der Waals surface area contributed by atoms with E-state index in [1.54, 1.807) is 0 Å². The number of aryl methyl sites for hydroxylation is 1. The molecule has 1 N–H and O–H groups in total. The quantitative estimate of drug-likeness (QED) is 0.828. The number of benzene rings is 1. The summed E-state index contributed by atoms with van der Waals surface area (Å²) in [6.45, 7) is 8.18. The summed E-state index contributed by atoms with van der Waals surface area (Å²) in [5.74, 6) is 1.39. The Labute approximate surface area is 137 Å². The third-order valence-corrected chi connectivity index (χ3v) is 3.94. The van der Waals surface area contributed by atoms with E-state index in [1.165, 1.54) is 0 Å². The van der Waals surface area contributed by atoms with Crippen LogP contribution in [0.3, 0.4) is 0 Å². The normalized spacial score (nSPS) is 15.5. The largest absolute Gasteiger partial charge is 0.478 e. The highest BCUT2D eigenvalue weighted by atomic mass is 16.5. The van der Waals surface area contributed by atoms with E-state index in [1.807, 2.05) is 43.3 Å². The lowest BCUT2D eigenvalue weighted by Gasteiger charge is -2.26. The van der Waals surface area contributed by atoms with Crippen LogP contribution in [0.1, 0.15) is 12.1 Å². The average Bonchev–Trinajstić information content (AvgIpc) is 2.60. The molecule has 1 aromatic carbocycles. The van der Waals surface area contributed by atoms with E-state index in [4.69, 9.17) is 4.74 Å². The van der Waals surface area contributed by atoms with Gasteiger partial charge in [0.25, 0.3) is 0 Å². The van der Waals surface area contributed by atoms with Gasteiger partial charge in [-0.2, -0.15) is 4.98 Å². The van der Waals surface area contributed by atoms with Crippen LogP contribution < -0.4 is 10.1 Å². The highest BCUT2D eigenvalue weighted by Gasteiger charge is 2.09. The Morgan fingerprint density at radius 2 is 1.91 bits per heavy atom. The molecule has 0 unspecified atom stereocenters. The van der Waals surface area contributed by atoms with E-state index >= 15 is 0 Å². The van der Waals surface area contributed by atoms with Crippen LogP contribution in [0.25, 0.3) is 11.4 Å². The lowest BCUT2D eigenvalue weighted by Crippen LogP contribution is -2.43. The minimum Gasteiger partial charge on any atom is -0.478 e. The van der Waals surface area contributed by atoms with Gasteiger partial charge in [0.1, 0.15) is 0 Å².